The highest BCUT2D eigenvalue weighted by atomic mass is 32.1. The minimum absolute atomic E-state index is 0.144. The lowest BCUT2D eigenvalue weighted by Crippen LogP contribution is -2.46. The molecule has 1 aliphatic rings. The summed E-state index contributed by atoms with van der Waals surface area (Å²) in [6.45, 7) is 5.85. The number of urea groups is 1. The maximum absolute atomic E-state index is 12.3. The SMILES string of the molecule is CC(C)CCNC(=O)NC(=O)CN1CCCC[C@H]1c1nc2ccccc2s1. The number of amides is 3. The predicted molar refractivity (Wildman–Crippen MR) is 109 cm³/mol. The topological polar surface area (TPSA) is 74.3 Å². The summed E-state index contributed by atoms with van der Waals surface area (Å²) in [7, 11) is 0. The van der Waals surface area contributed by atoms with E-state index in [9.17, 15) is 9.59 Å². The molecular weight excluding hydrogens is 360 g/mol. The summed E-state index contributed by atoms with van der Waals surface area (Å²) in [4.78, 5) is 31.1. The van der Waals surface area contributed by atoms with Gasteiger partial charge in [0, 0.05) is 6.54 Å². The Morgan fingerprint density at radius 3 is 2.89 bits per heavy atom. The molecule has 6 nitrogen and oxygen atoms in total. The Labute approximate surface area is 164 Å². The molecule has 0 spiro atoms. The number of nitrogens with one attached hydrogen (secondary N) is 2. The second-order valence-electron chi connectivity index (χ2n) is 7.49. The number of likely N-dealkylation sites (tertiary alicyclic amines) is 1. The van der Waals surface area contributed by atoms with Crippen molar-refractivity contribution in [3.8, 4) is 0 Å². The standard InChI is InChI=1S/C20H28N4O2S/c1-14(2)10-11-21-20(26)23-18(25)13-24-12-6-5-8-16(24)19-22-15-7-3-4-9-17(15)27-19/h3-4,7,9,14,16H,5-6,8,10-13H2,1-2H3,(H2,21,23,25,26)/t16-/m0/s1. The van der Waals surface area contributed by atoms with Gasteiger partial charge in [0.25, 0.3) is 0 Å². The molecule has 1 aromatic carbocycles. The molecule has 3 rings (SSSR count). The molecule has 1 aliphatic heterocycles. The number of imide groups is 1. The molecule has 0 aliphatic carbocycles. The third kappa shape index (κ3) is 5.49. The van der Waals surface area contributed by atoms with Gasteiger partial charge in [0.2, 0.25) is 5.91 Å². The molecule has 146 valence electrons. The summed E-state index contributed by atoms with van der Waals surface area (Å²) < 4.78 is 1.17. The van der Waals surface area contributed by atoms with Crippen LogP contribution in [0, 0.1) is 5.92 Å². The first-order chi connectivity index (χ1) is 13.0. The lowest BCUT2D eigenvalue weighted by Gasteiger charge is -2.33. The molecule has 0 bridgehead atoms. The Bertz CT molecular complexity index is 756. The van der Waals surface area contributed by atoms with E-state index >= 15 is 0 Å². The first-order valence-electron chi connectivity index (χ1n) is 9.70. The zero-order chi connectivity index (χ0) is 19.2. The van der Waals surface area contributed by atoms with Crippen LogP contribution >= 0.6 is 11.3 Å². The summed E-state index contributed by atoms with van der Waals surface area (Å²) in [5.41, 5.74) is 1.01. The number of piperidine rings is 1. The number of hydrogen-bond acceptors (Lipinski definition) is 5. The van der Waals surface area contributed by atoms with Gasteiger partial charge >= 0.3 is 6.03 Å². The molecule has 0 unspecified atom stereocenters. The van der Waals surface area contributed by atoms with Crippen molar-refractivity contribution < 1.29 is 9.59 Å². The molecule has 0 radical (unpaired) electrons. The Kier molecular flexibility index (Phi) is 6.79. The van der Waals surface area contributed by atoms with Crippen molar-refractivity contribution in [3.05, 3.63) is 29.3 Å². The van der Waals surface area contributed by atoms with Crippen molar-refractivity contribution >= 4 is 33.5 Å². The third-order valence-corrected chi connectivity index (χ3v) is 5.95. The zero-order valence-electron chi connectivity index (χ0n) is 16.0. The van der Waals surface area contributed by atoms with Crippen molar-refractivity contribution in [1.82, 2.24) is 20.5 Å². The number of para-hydroxylation sites is 1. The van der Waals surface area contributed by atoms with Gasteiger partial charge in [-0.3, -0.25) is 15.0 Å². The van der Waals surface area contributed by atoms with Gasteiger partial charge in [0.05, 0.1) is 22.8 Å². The molecule has 1 atom stereocenters. The van der Waals surface area contributed by atoms with E-state index in [1.807, 2.05) is 18.2 Å². The summed E-state index contributed by atoms with van der Waals surface area (Å²) in [5.74, 6) is 0.258. The molecule has 2 N–H and O–H groups in total. The maximum Gasteiger partial charge on any atom is 0.321 e. The number of benzene rings is 1. The Morgan fingerprint density at radius 1 is 1.30 bits per heavy atom. The van der Waals surface area contributed by atoms with Crippen LogP contribution in [0.3, 0.4) is 0 Å². The minimum Gasteiger partial charge on any atom is -0.338 e. The molecule has 1 aromatic heterocycles. The largest absolute Gasteiger partial charge is 0.338 e. The van der Waals surface area contributed by atoms with E-state index in [1.165, 1.54) is 4.70 Å². The van der Waals surface area contributed by atoms with Gasteiger partial charge in [-0.1, -0.05) is 32.4 Å². The Hall–Kier alpha value is -1.99. The molecule has 2 heterocycles. The van der Waals surface area contributed by atoms with Gasteiger partial charge < -0.3 is 5.32 Å². The fourth-order valence-electron chi connectivity index (χ4n) is 3.36. The fraction of sp³-hybridized carbons (Fsp3) is 0.550. The van der Waals surface area contributed by atoms with E-state index in [-0.39, 0.29) is 18.5 Å². The Balaban J connectivity index is 1.58. The monoisotopic (exact) mass is 388 g/mol. The predicted octanol–water partition coefficient (Wildman–Crippen LogP) is 3.70. The highest BCUT2D eigenvalue weighted by Gasteiger charge is 2.28. The van der Waals surface area contributed by atoms with Crippen LogP contribution in [0.2, 0.25) is 0 Å². The molecule has 7 heteroatoms. The summed E-state index contributed by atoms with van der Waals surface area (Å²) in [6.07, 6.45) is 4.09. The average molecular weight is 389 g/mol. The first-order valence-corrected chi connectivity index (χ1v) is 10.5. The normalized spacial score (nSPS) is 18.0. The highest BCUT2D eigenvalue weighted by Crippen LogP contribution is 2.35. The van der Waals surface area contributed by atoms with Gasteiger partial charge in [-0.2, -0.15) is 0 Å². The van der Waals surface area contributed by atoms with Crippen LogP contribution in [-0.4, -0.2) is 41.5 Å². The van der Waals surface area contributed by atoms with E-state index in [0.717, 1.165) is 42.8 Å². The molecule has 27 heavy (non-hydrogen) atoms. The second-order valence-corrected chi connectivity index (χ2v) is 8.55. The second kappa shape index (κ2) is 9.28. The van der Waals surface area contributed by atoms with E-state index in [0.29, 0.717) is 12.5 Å². The molecular formula is C20H28N4O2S. The number of nitrogens with zero attached hydrogens (tertiary/aromatic N) is 2. The molecule has 1 saturated heterocycles. The summed E-state index contributed by atoms with van der Waals surface area (Å²) in [6, 6.07) is 7.86. The smallest absolute Gasteiger partial charge is 0.321 e. The average Bonchev–Trinajstić information content (AvgIpc) is 3.05. The number of carbonyl (C=O) groups is 2. The van der Waals surface area contributed by atoms with Crippen LogP contribution in [0.1, 0.15) is 50.6 Å². The summed E-state index contributed by atoms with van der Waals surface area (Å²) >= 11 is 1.70. The van der Waals surface area contributed by atoms with E-state index in [4.69, 9.17) is 4.98 Å². The molecule has 1 fully saturated rings. The number of fused-ring (bicyclic) bond motifs is 1. The fourth-order valence-corrected chi connectivity index (χ4v) is 4.50. The van der Waals surface area contributed by atoms with Crippen LogP contribution in [0.5, 0.6) is 0 Å². The van der Waals surface area contributed by atoms with Crippen molar-refractivity contribution in [3.63, 3.8) is 0 Å². The number of rotatable bonds is 6. The summed E-state index contributed by atoms with van der Waals surface area (Å²) in [5, 5.41) is 6.26. The van der Waals surface area contributed by atoms with Gasteiger partial charge in [0.15, 0.2) is 0 Å². The first kappa shape index (κ1) is 19.8. The lowest BCUT2D eigenvalue weighted by molar-refractivity contribution is -0.122. The van der Waals surface area contributed by atoms with Crippen molar-refractivity contribution in [2.75, 3.05) is 19.6 Å². The van der Waals surface area contributed by atoms with Gasteiger partial charge in [-0.15, -0.1) is 11.3 Å². The molecule has 2 aromatic rings. The third-order valence-electron chi connectivity index (χ3n) is 4.82. The van der Waals surface area contributed by atoms with Crippen LogP contribution in [-0.2, 0) is 4.79 Å². The van der Waals surface area contributed by atoms with Crippen molar-refractivity contribution in [1.29, 1.82) is 0 Å². The quantitative estimate of drug-likeness (QED) is 0.791. The molecule has 3 amide bonds. The number of aromatic nitrogens is 1. The highest BCUT2D eigenvalue weighted by molar-refractivity contribution is 7.18. The number of thiazole rings is 1. The maximum atomic E-state index is 12.3. The van der Waals surface area contributed by atoms with E-state index in [1.54, 1.807) is 11.3 Å². The van der Waals surface area contributed by atoms with E-state index < -0.39 is 6.03 Å². The Morgan fingerprint density at radius 2 is 2.11 bits per heavy atom. The minimum atomic E-state index is -0.408. The van der Waals surface area contributed by atoms with Gasteiger partial charge in [-0.05, 0) is 43.9 Å². The lowest BCUT2D eigenvalue weighted by atomic mass is 10.0. The van der Waals surface area contributed by atoms with Crippen molar-refractivity contribution in [2.24, 2.45) is 5.92 Å². The number of carbonyl (C=O) groups excluding carboxylic acids is 2. The van der Waals surface area contributed by atoms with Gasteiger partial charge in [0.1, 0.15) is 5.01 Å². The van der Waals surface area contributed by atoms with Crippen LogP contribution in [0.4, 0.5) is 4.79 Å². The number of hydrogen-bond donors (Lipinski definition) is 2. The molecule has 0 saturated carbocycles. The van der Waals surface area contributed by atoms with Crippen LogP contribution in [0.15, 0.2) is 24.3 Å². The van der Waals surface area contributed by atoms with E-state index in [2.05, 4.69) is 35.4 Å². The van der Waals surface area contributed by atoms with Crippen LogP contribution in [0.25, 0.3) is 10.2 Å². The zero-order valence-corrected chi connectivity index (χ0v) is 16.8. The van der Waals surface area contributed by atoms with Gasteiger partial charge in [-0.25, -0.2) is 9.78 Å². The van der Waals surface area contributed by atoms with Crippen LogP contribution < -0.4 is 10.6 Å². The van der Waals surface area contributed by atoms with Crippen molar-refractivity contribution in [2.45, 2.75) is 45.6 Å².